The zero-order valence-corrected chi connectivity index (χ0v) is 9.47. The van der Waals surface area contributed by atoms with Gasteiger partial charge in [-0.15, -0.1) is 0 Å². The van der Waals surface area contributed by atoms with Gasteiger partial charge in [0.25, 0.3) is 0 Å². The predicted molar refractivity (Wildman–Crippen MR) is 56.0 cm³/mol. The minimum atomic E-state index is -3.11. The normalized spacial score (nSPS) is 18.2. The summed E-state index contributed by atoms with van der Waals surface area (Å²) in [5.74, 6) is 0.668. The standard InChI is InChI=1S/C8H17N3O2S/c1-10(2)14(12,13)7-6-11-5-3-4-8(11)9/h9H,3-7H2,1-2H3. The fraction of sp³-hybridized carbons (Fsp3) is 0.875. The van der Waals surface area contributed by atoms with Crippen molar-refractivity contribution in [3.63, 3.8) is 0 Å². The summed E-state index contributed by atoms with van der Waals surface area (Å²) in [6.45, 7) is 1.27. The summed E-state index contributed by atoms with van der Waals surface area (Å²) in [4.78, 5) is 1.83. The third-order valence-electron chi connectivity index (χ3n) is 2.40. The maximum Gasteiger partial charge on any atom is 0.215 e. The number of hydrogen-bond acceptors (Lipinski definition) is 3. The molecular formula is C8H17N3O2S. The lowest BCUT2D eigenvalue weighted by molar-refractivity contribution is 0.461. The van der Waals surface area contributed by atoms with Crippen molar-refractivity contribution in [2.75, 3.05) is 32.9 Å². The van der Waals surface area contributed by atoms with Crippen LogP contribution in [-0.2, 0) is 10.0 Å². The molecule has 0 aromatic rings. The van der Waals surface area contributed by atoms with Crippen molar-refractivity contribution in [1.29, 1.82) is 5.41 Å². The molecule has 1 aliphatic rings. The van der Waals surface area contributed by atoms with Crippen LogP contribution in [0.15, 0.2) is 0 Å². The first-order valence-electron chi connectivity index (χ1n) is 4.66. The molecule has 0 spiro atoms. The van der Waals surface area contributed by atoms with Crippen LogP contribution >= 0.6 is 0 Å². The average molecular weight is 219 g/mol. The maximum absolute atomic E-state index is 11.4. The first-order chi connectivity index (χ1) is 6.43. The topological polar surface area (TPSA) is 64.5 Å². The molecule has 1 heterocycles. The highest BCUT2D eigenvalue weighted by Gasteiger charge is 2.20. The SMILES string of the molecule is CN(C)S(=O)(=O)CCN1CCCC1=N. The van der Waals surface area contributed by atoms with Crippen molar-refractivity contribution in [1.82, 2.24) is 9.21 Å². The number of hydrogen-bond donors (Lipinski definition) is 1. The fourth-order valence-electron chi connectivity index (χ4n) is 1.39. The second-order valence-corrected chi connectivity index (χ2v) is 5.94. The van der Waals surface area contributed by atoms with E-state index in [0.717, 1.165) is 19.4 Å². The van der Waals surface area contributed by atoms with E-state index in [-0.39, 0.29) is 5.75 Å². The molecule has 1 N–H and O–H groups in total. The summed E-state index contributed by atoms with van der Waals surface area (Å²) < 4.78 is 24.1. The van der Waals surface area contributed by atoms with Crippen molar-refractivity contribution in [3.8, 4) is 0 Å². The highest BCUT2D eigenvalue weighted by Crippen LogP contribution is 2.09. The molecule has 0 aliphatic carbocycles. The number of amidine groups is 1. The number of likely N-dealkylation sites (tertiary alicyclic amines) is 1. The molecular weight excluding hydrogens is 202 g/mol. The van der Waals surface area contributed by atoms with Gasteiger partial charge in [0.15, 0.2) is 0 Å². The maximum atomic E-state index is 11.4. The second kappa shape index (κ2) is 4.27. The van der Waals surface area contributed by atoms with Crippen molar-refractivity contribution in [2.24, 2.45) is 0 Å². The number of nitrogens with one attached hydrogen (secondary N) is 1. The van der Waals surface area contributed by atoms with Crippen LogP contribution in [0.1, 0.15) is 12.8 Å². The van der Waals surface area contributed by atoms with Gasteiger partial charge >= 0.3 is 0 Å². The predicted octanol–water partition coefficient (Wildman–Crippen LogP) is -0.0491. The molecule has 0 bridgehead atoms. The minimum absolute atomic E-state index is 0.0996. The van der Waals surface area contributed by atoms with Gasteiger partial charge in [0, 0.05) is 33.6 Å². The van der Waals surface area contributed by atoms with E-state index in [2.05, 4.69) is 0 Å². The number of rotatable bonds is 4. The summed E-state index contributed by atoms with van der Waals surface area (Å²) in [6, 6.07) is 0. The van der Waals surface area contributed by atoms with Gasteiger partial charge in [0.1, 0.15) is 0 Å². The third kappa shape index (κ3) is 2.68. The van der Waals surface area contributed by atoms with Crippen LogP contribution in [-0.4, -0.2) is 56.4 Å². The van der Waals surface area contributed by atoms with Crippen molar-refractivity contribution in [2.45, 2.75) is 12.8 Å². The van der Waals surface area contributed by atoms with Crippen molar-refractivity contribution >= 4 is 15.9 Å². The van der Waals surface area contributed by atoms with Gasteiger partial charge in [-0.05, 0) is 6.42 Å². The van der Waals surface area contributed by atoms with Crippen LogP contribution in [0.4, 0.5) is 0 Å². The summed E-state index contributed by atoms with van der Waals surface area (Å²) in [6.07, 6.45) is 1.75. The average Bonchev–Trinajstić information content (AvgIpc) is 2.47. The Bertz CT molecular complexity index is 311. The Kier molecular flexibility index (Phi) is 3.49. The van der Waals surface area contributed by atoms with Gasteiger partial charge in [-0.25, -0.2) is 12.7 Å². The van der Waals surface area contributed by atoms with E-state index in [9.17, 15) is 8.42 Å². The smallest absolute Gasteiger partial charge is 0.215 e. The van der Waals surface area contributed by atoms with Gasteiger partial charge in [-0.2, -0.15) is 0 Å². The molecule has 5 nitrogen and oxygen atoms in total. The van der Waals surface area contributed by atoms with Crippen LogP contribution in [0.25, 0.3) is 0 Å². The van der Waals surface area contributed by atoms with Crippen LogP contribution in [0.3, 0.4) is 0 Å². The van der Waals surface area contributed by atoms with Gasteiger partial charge in [-0.1, -0.05) is 0 Å². The Morgan fingerprint density at radius 1 is 1.50 bits per heavy atom. The molecule has 6 heteroatoms. The lowest BCUT2D eigenvalue weighted by Crippen LogP contribution is -2.34. The molecule has 0 amide bonds. The highest BCUT2D eigenvalue weighted by molar-refractivity contribution is 7.89. The fourth-order valence-corrected chi connectivity index (χ4v) is 2.20. The number of nitrogens with zero attached hydrogens (tertiary/aromatic N) is 2. The van der Waals surface area contributed by atoms with E-state index in [1.165, 1.54) is 18.4 Å². The van der Waals surface area contributed by atoms with E-state index >= 15 is 0 Å². The van der Waals surface area contributed by atoms with E-state index in [0.29, 0.717) is 12.4 Å². The summed E-state index contributed by atoms with van der Waals surface area (Å²) >= 11 is 0. The van der Waals surface area contributed by atoms with Crippen LogP contribution in [0.2, 0.25) is 0 Å². The lowest BCUT2D eigenvalue weighted by atomic mass is 10.4. The van der Waals surface area contributed by atoms with Gasteiger partial charge in [0.05, 0.1) is 11.6 Å². The molecule has 1 aliphatic heterocycles. The molecule has 0 saturated carbocycles. The molecule has 1 rings (SSSR count). The summed E-state index contributed by atoms with van der Waals surface area (Å²) in [7, 11) is -0.0493. The molecule has 1 fully saturated rings. The first kappa shape index (κ1) is 11.5. The Labute approximate surface area is 85.3 Å². The Hall–Kier alpha value is -0.620. The van der Waals surface area contributed by atoms with Crippen LogP contribution in [0.5, 0.6) is 0 Å². The monoisotopic (exact) mass is 219 g/mol. The Balaban J connectivity index is 2.44. The van der Waals surface area contributed by atoms with Gasteiger partial charge in [0.2, 0.25) is 10.0 Å². The first-order valence-corrected chi connectivity index (χ1v) is 6.27. The van der Waals surface area contributed by atoms with Gasteiger partial charge < -0.3 is 4.90 Å². The molecule has 1 saturated heterocycles. The van der Waals surface area contributed by atoms with Crippen LogP contribution in [0, 0.1) is 5.41 Å². The molecule has 0 aromatic carbocycles. The van der Waals surface area contributed by atoms with Crippen molar-refractivity contribution in [3.05, 3.63) is 0 Å². The Morgan fingerprint density at radius 3 is 2.57 bits per heavy atom. The summed E-state index contributed by atoms with van der Waals surface area (Å²) in [5, 5.41) is 7.54. The Morgan fingerprint density at radius 2 is 2.14 bits per heavy atom. The lowest BCUT2D eigenvalue weighted by Gasteiger charge is -2.19. The largest absolute Gasteiger partial charge is 0.359 e. The van der Waals surface area contributed by atoms with E-state index in [4.69, 9.17) is 5.41 Å². The molecule has 82 valence electrons. The molecule has 0 aromatic heterocycles. The molecule has 0 radical (unpaired) electrons. The van der Waals surface area contributed by atoms with E-state index in [1.54, 1.807) is 0 Å². The zero-order chi connectivity index (χ0) is 10.8. The quantitative estimate of drug-likeness (QED) is 0.721. The molecule has 14 heavy (non-hydrogen) atoms. The minimum Gasteiger partial charge on any atom is -0.359 e. The highest BCUT2D eigenvalue weighted by atomic mass is 32.2. The third-order valence-corrected chi connectivity index (χ3v) is 4.21. The molecule has 0 atom stereocenters. The van der Waals surface area contributed by atoms with Crippen molar-refractivity contribution < 1.29 is 8.42 Å². The van der Waals surface area contributed by atoms with E-state index < -0.39 is 10.0 Å². The second-order valence-electron chi connectivity index (χ2n) is 3.64. The van der Waals surface area contributed by atoms with Gasteiger partial charge in [-0.3, -0.25) is 5.41 Å². The number of sulfonamides is 1. The molecule has 0 unspecified atom stereocenters. The van der Waals surface area contributed by atoms with E-state index in [1.807, 2.05) is 4.90 Å². The summed E-state index contributed by atoms with van der Waals surface area (Å²) in [5.41, 5.74) is 0. The van der Waals surface area contributed by atoms with Crippen LogP contribution < -0.4 is 0 Å². The zero-order valence-electron chi connectivity index (χ0n) is 8.65.